The summed E-state index contributed by atoms with van der Waals surface area (Å²) in [5, 5.41) is 14.4. The van der Waals surface area contributed by atoms with Gasteiger partial charge >= 0.3 is 5.97 Å². The Bertz CT molecular complexity index is 763. The highest BCUT2D eigenvalue weighted by Crippen LogP contribution is 2.18. The van der Waals surface area contributed by atoms with E-state index in [0.29, 0.717) is 17.1 Å². The van der Waals surface area contributed by atoms with Crippen LogP contribution in [0.4, 0.5) is 5.13 Å². The number of amides is 1. The second-order valence-electron chi connectivity index (χ2n) is 5.75. The van der Waals surface area contributed by atoms with E-state index < -0.39 is 5.97 Å². The smallest absolute Gasteiger partial charge is 0.331 e. The number of carbonyl (C=O) groups excluding carboxylic acids is 1. The largest absolute Gasteiger partial charge is 0.478 e. The molecule has 1 amide bonds. The van der Waals surface area contributed by atoms with Crippen LogP contribution in [0.5, 0.6) is 0 Å². The third kappa shape index (κ3) is 6.15. The minimum Gasteiger partial charge on any atom is -0.478 e. The summed E-state index contributed by atoms with van der Waals surface area (Å²) in [6.07, 6.45) is 4.97. The van der Waals surface area contributed by atoms with Crippen molar-refractivity contribution in [2.45, 2.75) is 39.5 Å². The van der Waals surface area contributed by atoms with Crippen molar-refractivity contribution in [3.05, 3.63) is 52.0 Å². The van der Waals surface area contributed by atoms with E-state index in [1.807, 2.05) is 36.6 Å². The standard InChI is InChI=1S/C19H22N2O3S/c1-3-16(18(23)24)11-15-9-7-14(8-10-15)5-4-6-17-12-25-19(21-17)20-13(2)22/h7-12H,3-6H2,1-2H3,(H,23,24)(H,20,21,22). The van der Waals surface area contributed by atoms with Crippen LogP contribution in [0.25, 0.3) is 6.08 Å². The van der Waals surface area contributed by atoms with E-state index in [4.69, 9.17) is 5.11 Å². The Morgan fingerprint density at radius 3 is 2.56 bits per heavy atom. The van der Waals surface area contributed by atoms with E-state index in [-0.39, 0.29) is 5.91 Å². The topological polar surface area (TPSA) is 79.3 Å². The van der Waals surface area contributed by atoms with Crippen molar-refractivity contribution in [2.24, 2.45) is 0 Å². The maximum Gasteiger partial charge on any atom is 0.331 e. The monoisotopic (exact) mass is 358 g/mol. The zero-order chi connectivity index (χ0) is 18.2. The van der Waals surface area contributed by atoms with Gasteiger partial charge in [-0.15, -0.1) is 11.3 Å². The Morgan fingerprint density at radius 2 is 1.96 bits per heavy atom. The van der Waals surface area contributed by atoms with Crippen LogP contribution in [0.1, 0.15) is 43.5 Å². The van der Waals surface area contributed by atoms with Crippen molar-refractivity contribution in [3.63, 3.8) is 0 Å². The molecule has 0 aliphatic carbocycles. The van der Waals surface area contributed by atoms with Crippen molar-refractivity contribution in [1.29, 1.82) is 0 Å². The number of carboxylic acids is 1. The molecule has 0 spiro atoms. The van der Waals surface area contributed by atoms with Crippen molar-refractivity contribution in [1.82, 2.24) is 4.98 Å². The first-order chi connectivity index (χ1) is 12.0. The molecular formula is C19H22N2O3S. The fourth-order valence-electron chi connectivity index (χ4n) is 2.40. The lowest BCUT2D eigenvalue weighted by molar-refractivity contribution is -0.132. The van der Waals surface area contributed by atoms with Crippen LogP contribution in [0, 0.1) is 0 Å². The lowest BCUT2D eigenvalue weighted by atomic mass is 10.0. The number of aryl methyl sites for hydroxylation is 2. The molecule has 2 rings (SSSR count). The molecule has 0 fully saturated rings. The summed E-state index contributed by atoms with van der Waals surface area (Å²) in [5.74, 6) is -0.974. The summed E-state index contributed by atoms with van der Waals surface area (Å²) in [6.45, 7) is 3.31. The number of nitrogens with one attached hydrogen (secondary N) is 1. The van der Waals surface area contributed by atoms with Gasteiger partial charge < -0.3 is 10.4 Å². The first-order valence-corrected chi connectivity index (χ1v) is 9.10. The number of carbonyl (C=O) groups is 2. The second kappa shape index (κ2) is 9.13. The average molecular weight is 358 g/mol. The second-order valence-corrected chi connectivity index (χ2v) is 6.61. The quantitative estimate of drug-likeness (QED) is 0.695. The molecule has 2 aromatic rings. The van der Waals surface area contributed by atoms with E-state index >= 15 is 0 Å². The van der Waals surface area contributed by atoms with Gasteiger partial charge in [0.2, 0.25) is 5.91 Å². The summed E-state index contributed by atoms with van der Waals surface area (Å²) in [5.41, 5.74) is 3.51. The summed E-state index contributed by atoms with van der Waals surface area (Å²) in [7, 11) is 0. The molecule has 1 aromatic heterocycles. The van der Waals surface area contributed by atoms with Crippen molar-refractivity contribution in [2.75, 3.05) is 5.32 Å². The van der Waals surface area contributed by atoms with E-state index in [0.717, 1.165) is 30.5 Å². The molecule has 0 atom stereocenters. The fourth-order valence-corrected chi connectivity index (χ4v) is 3.19. The Morgan fingerprint density at radius 1 is 1.24 bits per heavy atom. The van der Waals surface area contributed by atoms with Gasteiger partial charge in [0.05, 0.1) is 5.69 Å². The molecule has 0 aliphatic rings. The molecule has 1 aromatic carbocycles. The molecule has 0 saturated carbocycles. The molecule has 0 radical (unpaired) electrons. The van der Waals surface area contributed by atoms with Crippen LogP contribution in [-0.4, -0.2) is 22.0 Å². The molecule has 0 unspecified atom stereocenters. The van der Waals surface area contributed by atoms with Gasteiger partial charge in [0.25, 0.3) is 0 Å². The van der Waals surface area contributed by atoms with Gasteiger partial charge in [-0.05, 0) is 42.9 Å². The number of anilines is 1. The van der Waals surface area contributed by atoms with Crippen molar-refractivity contribution < 1.29 is 14.7 Å². The summed E-state index contributed by atoms with van der Waals surface area (Å²) >= 11 is 1.44. The Hall–Kier alpha value is -2.47. The Kier molecular flexibility index (Phi) is 6.89. The van der Waals surface area contributed by atoms with Gasteiger partial charge in [-0.3, -0.25) is 4.79 Å². The number of benzene rings is 1. The molecule has 0 saturated heterocycles. The predicted octanol–water partition coefficient (Wildman–Crippen LogP) is 4.15. The molecule has 132 valence electrons. The van der Waals surface area contributed by atoms with Gasteiger partial charge in [-0.1, -0.05) is 31.2 Å². The number of rotatable bonds is 8. The number of aliphatic carboxylic acids is 1. The predicted molar refractivity (Wildman–Crippen MR) is 101 cm³/mol. The molecule has 6 heteroatoms. The minimum absolute atomic E-state index is 0.107. The normalized spacial score (nSPS) is 11.4. The number of nitrogens with zero attached hydrogens (tertiary/aromatic N) is 1. The van der Waals surface area contributed by atoms with Gasteiger partial charge in [0.1, 0.15) is 0 Å². The van der Waals surface area contributed by atoms with Gasteiger partial charge in [-0.25, -0.2) is 9.78 Å². The molecule has 5 nitrogen and oxygen atoms in total. The lowest BCUT2D eigenvalue weighted by Gasteiger charge is -2.03. The number of carboxylic acid groups (broad SMARTS) is 1. The number of hydrogen-bond acceptors (Lipinski definition) is 4. The SMILES string of the molecule is CCC(=Cc1ccc(CCCc2csc(NC(C)=O)n2)cc1)C(=O)O. The third-order valence-electron chi connectivity index (χ3n) is 3.71. The number of hydrogen-bond donors (Lipinski definition) is 2. The number of thiazole rings is 1. The first kappa shape index (κ1) is 18.9. The summed E-state index contributed by atoms with van der Waals surface area (Å²) < 4.78 is 0. The van der Waals surface area contributed by atoms with Crippen LogP contribution in [0.3, 0.4) is 0 Å². The van der Waals surface area contributed by atoms with Crippen LogP contribution in [-0.2, 0) is 22.4 Å². The van der Waals surface area contributed by atoms with E-state index in [1.54, 1.807) is 6.08 Å². The molecule has 25 heavy (non-hydrogen) atoms. The number of aromatic nitrogens is 1. The van der Waals surface area contributed by atoms with Crippen LogP contribution in [0.2, 0.25) is 0 Å². The van der Waals surface area contributed by atoms with E-state index in [1.165, 1.54) is 23.8 Å². The maximum atomic E-state index is 11.0. The Balaban J connectivity index is 1.86. The lowest BCUT2D eigenvalue weighted by Crippen LogP contribution is -2.05. The maximum absolute atomic E-state index is 11.0. The summed E-state index contributed by atoms with van der Waals surface area (Å²) in [6, 6.07) is 7.97. The highest BCUT2D eigenvalue weighted by atomic mass is 32.1. The van der Waals surface area contributed by atoms with E-state index in [9.17, 15) is 9.59 Å². The molecule has 0 aliphatic heterocycles. The van der Waals surface area contributed by atoms with Crippen molar-refractivity contribution >= 4 is 34.4 Å². The molecule has 2 N–H and O–H groups in total. The third-order valence-corrected chi connectivity index (χ3v) is 4.52. The molecule has 1 heterocycles. The van der Waals surface area contributed by atoms with Crippen LogP contribution in [0.15, 0.2) is 35.2 Å². The first-order valence-electron chi connectivity index (χ1n) is 8.22. The van der Waals surface area contributed by atoms with Gasteiger partial charge in [0, 0.05) is 17.9 Å². The summed E-state index contributed by atoms with van der Waals surface area (Å²) in [4.78, 5) is 26.4. The Labute approximate surface area is 151 Å². The average Bonchev–Trinajstić information content (AvgIpc) is 3.00. The zero-order valence-corrected chi connectivity index (χ0v) is 15.2. The van der Waals surface area contributed by atoms with E-state index in [2.05, 4.69) is 10.3 Å². The molecule has 0 bridgehead atoms. The highest BCUT2D eigenvalue weighted by molar-refractivity contribution is 7.13. The van der Waals surface area contributed by atoms with Gasteiger partial charge in [0.15, 0.2) is 5.13 Å². The molecular weight excluding hydrogens is 336 g/mol. The minimum atomic E-state index is -0.867. The van der Waals surface area contributed by atoms with Crippen LogP contribution >= 0.6 is 11.3 Å². The van der Waals surface area contributed by atoms with Crippen molar-refractivity contribution in [3.8, 4) is 0 Å². The zero-order valence-electron chi connectivity index (χ0n) is 14.4. The fraction of sp³-hybridized carbons (Fsp3) is 0.316. The van der Waals surface area contributed by atoms with Crippen LogP contribution < -0.4 is 5.32 Å². The highest BCUT2D eigenvalue weighted by Gasteiger charge is 2.05. The van der Waals surface area contributed by atoms with Gasteiger partial charge in [-0.2, -0.15) is 0 Å².